The van der Waals surface area contributed by atoms with Gasteiger partial charge in [-0.3, -0.25) is 0 Å². The first kappa shape index (κ1) is 19.2. The third-order valence-electron chi connectivity index (χ3n) is 4.24. The second kappa shape index (κ2) is 7.21. The molecule has 1 heterocycles. The molecule has 0 aromatic heterocycles. The van der Waals surface area contributed by atoms with Gasteiger partial charge in [0.25, 0.3) is 10.0 Å². The van der Waals surface area contributed by atoms with Crippen LogP contribution in [0, 0.1) is 6.92 Å². The van der Waals surface area contributed by atoms with Gasteiger partial charge < -0.3 is 9.47 Å². The molecule has 0 amide bonds. The van der Waals surface area contributed by atoms with E-state index >= 15 is 0 Å². The Hall–Kier alpha value is -1.57. The number of halogens is 1. The minimum Gasteiger partial charge on any atom is -0.497 e. The van der Waals surface area contributed by atoms with Gasteiger partial charge >= 0.3 is 0 Å². The van der Waals surface area contributed by atoms with Crippen LogP contribution >= 0.6 is 15.9 Å². The minimum absolute atomic E-state index is 0.132. The van der Waals surface area contributed by atoms with Crippen molar-refractivity contribution in [2.75, 3.05) is 11.4 Å². The van der Waals surface area contributed by atoms with Crippen molar-refractivity contribution < 1.29 is 17.9 Å². The fourth-order valence-corrected chi connectivity index (χ4v) is 5.45. The van der Waals surface area contributed by atoms with Crippen LogP contribution in [0.5, 0.6) is 5.75 Å². The molecule has 2 aromatic carbocycles. The number of alkyl halides is 1. The van der Waals surface area contributed by atoms with Gasteiger partial charge in [0.1, 0.15) is 5.75 Å². The van der Waals surface area contributed by atoms with Crippen LogP contribution in [-0.4, -0.2) is 27.9 Å². The molecule has 1 aliphatic rings. The van der Waals surface area contributed by atoms with E-state index in [4.69, 9.17) is 9.47 Å². The van der Waals surface area contributed by atoms with Crippen LogP contribution in [0.2, 0.25) is 0 Å². The van der Waals surface area contributed by atoms with Gasteiger partial charge in [-0.2, -0.15) is 0 Å². The first-order valence-electron chi connectivity index (χ1n) is 8.34. The van der Waals surface area contributed by atoms with Crippen molar-refractivity contribution in [1.82, 2.24) is 0 Å². The number of fused-ring (bicyclic) bond motifs is 1. The lowest BCUT2D eigenvalue weighted by molar-refractivity contribution is 0.0194. The zero-order valence-corrected chi connectivity index (χ0v) is 17.5. The average molecular weight is 440 g/mol. The van der Waals surface area contributed by atoms with Crippen LogP contribution in [-0.2, 0) is 14.8 Å². The van der Waals surface area contributed by atoms with Crippen LogP contribution in [0.25, 0.3) is 0 Å². The van der Waals surface area contributed by atoms with Crippen molar-refractivity contribution in [2.45, 2.75) is 42.8 Å². The van der Waals surface area contributed by atoms with Crippen molar-refractivity contribution in [3.63, 3.8) is 0 Å². The molecular weight excluding hydrogens is 418 g/mol. The van der Waals surface area contributed by atoms with Gasteiger partial charge in [-0.1, -0.05) is 33.6 Å². The summed E-state index contributed by atoms with van der Waals surface area (Å²) < 4.78 is 39.4. The SMILES string of the molecule is COc1ccc2c(c1)[C@H](Br)[C@@H](OC(C)C)N2S(=O)(=O)c1ccc(C)cc1. The summed E-state index contributed by atoms with van der Waals surface area (Å²) in [6.07, 6.45) is -0.810. The molecule has 2 aromatic rings. The van der Waals surface area contributed by atoms with E-state index in [1.54, 1.807) is 43.5 Å². The summed E-state index contributed by atoms with van der Waals surface area (Å²) in [4.78, 5) is -0.0564. The Labute approximate surface area is 163 Å². The first-order valence-corrected chi connectivity index (χ1v) is 10.7. The van der Waals surface area contributed by atoms with Gasteiger partial charge in [0.2, 0.25) is 0 Å². The molecule has 7 heteroatoms. The third kappa shape index (κ3) is 3.35. The first-order chi connectivity index (χ1) is 12.3. The van der Waals surface area contributed by atoms with Gasteiger partial charge in [0, 0.05) is 0 Å². The molecule has 0 N–H and O–H groups in total. The molecule has 0 saturated carbocycles. The van der Waals surface area contributed by atoms with Gasteiger partial charge in [-0.25, -0.2) is 12.7 Å². The highest BCUT2D eigenvalue weighted by Crippen LogP contribution is 2.49. The Morgan fingerprint density at radius 3 is 2.35 bits per heavy atom. The number of hydrogen-bond acceptors (Lipinski definition) is 4. The molecule has 0 fully saturated rings. The summed E-state index contributed by atoms with van der Waals surface area (Å²) in [5.41, 5.74) is 2.42. The van der Waals surface area contributed by atoms with E-state index in [1.165, 1.54) is 4.31 Å². The van der Waals surface area contributed by atoms with Crippen molar-refractivity contribution in [3.05, 3.63) is 53.6 Å². The molecular formula is C19H22BrNO4S. The Bertz CT molecular complexity index is 896. The Morgan fingerprint density at radius 1 is 1.12 bits per heavy atom. The van der Waals surface area contributed by atoms with E-state index in [1.807, 2.05) is 26.8 Å². The summed E-state index contributed by atoms with van der Waals surface area (Å²) >= 11 is 3.63. The number of sulfonamides is 1. The highest BCUT2D eigenvalue weighted by Gasteiger charge is 2.45. The predicted octanol–water partition coefficient (Wildman–Crippen LogP) is 4.40. The second-order valence-corrected chi connectivity index (χ2v) is 9.32. The smallest absolute Gasteiger partial charge is 0.266 e. The van der Waals surface area contributed by atoms with Crippen LogP contribution in [0.1, 0.15) is 29.8 Å². The van der Waals surface area contributed by atoms with E-state index in [0.29, 0.717) is 11.4 Å². The van der Waals surface area contributed by atoms with Gasteiger partial charge in [0.15, 0.2) is 6.23 Å². The van der Waals surface area contributed by atoms with E-state index in [-0.39, 0.29) is 15.8 Å². The topological polar surface area (TPSA) is 55.8 Å². The monoisotopic (exact) mass is 439 g/mol. The van der Waals surface area contributed by atoms with Crippen LogP contribution in [0.4, 0.5) is 5.69 Å². The molecule has 2 atom stereocenters. The summed E-state index contributed by atoms with van der Waals surface area (Å²) in [6, 6.07) is 12.2. The molecule has 0 spiro atoms. The van der Waals surface area contributed by atoms with E-state index in [0.717, 1.165) is 11.1 Å². The van der Waals surface area contributed by atoms with Gasteiger partial charge in [-0.05, 0) is 56.7 Å². The molecule has 26 heavy (non-hydrogen) atoms. The molecule has 0 bridgehead atoms. The van der Waals surface area contributed by atoms with Crippen molar-refractivity contribution >= 4 is 31.6 Å². The summed E-state index contributed by atoms with van der Waals surface area (Å²) in [5.74, 6) is 0.672. The van der Waals surface area contributed by atoms with Crippen LogP contribution < -0.4 is 9.04 Å². The summed E-state index contributed by atoms with van der Waals surface area (Å²) in [5, 5.41) is 0. The second-order valence-electron chi connectivity index (χ2n) is 6.52. The zero-order chi connectivity index (χ0) is 19.1. The molecule has 1 aliphatic heterocycles. The number of methoxy groups -OCH3 is 1. The zero-order valence-electron chi connectivity index (χ0n) is 15.1. The fraction of sp³-hybridized carbons (Fsp3) is 0.368. The Morgan fingerprint density at radius 2 is 1.77 bits per heavy atom. The predicted molar refractivity (Wildman–Crippen MR) is 106 cm³/mol. The highest BCUT2D eigenvalue weighted by atomic mass is 79.9. The van der Waals surface area contributed by atoms with E-state index in [9.17, 15) is 8.42 Å². The number of benzene rings is 2. The maximum absolute atomic E-state index is 13.4. The summed E-state index contributed by atoms with van der Waals surface area (Å²) in [7, 11) is -2.19. The molecule has 0 radical (unpaired) electrons. The fourth-order valence-electron chi connectivity index (χ4n) is 2.98. The van der Waals surface area contributed by atoms with Crippen molar-refractivity contribution in [3.8, 4) is 5.75 Å². The van der Waals surface area contributed by atoms with Crippen molar-refractivity contribution in [1.29, 1.82) is 0 Å². The normalized spacial score (nSPS) is 19.7. The third-order valence-corrected chi connectivity index (χ3v) is 6.98. The lowest BCUT2D eigenvalue weighted by Gasteiger charge is -2.29. The molecule has 5 nitrogen and oxygen atoms in total. The number of aryl methyl sites for hydroxylation is 1. The average Bonchev–Trinajstić information content (AvgIpc) is 2.87. The maximum Gasteiger partial charge on any atom is 0.266 e. The van der Waals surface area contributed by atoms with E-state index < -0.39 is 16.3 Å². The van der Waals surface area contributed by atoms with Gasteiger partial charge in [-0.15, -0.1) is 0 Å². The van der Waals surface area contributed by atoms with Crippen LogP contribution in [0.15, 0.2) is 47.4 Å². The lowest BCUT2D eigenvalue weighted by Crippen LogP contribution is -2.41. The van der Waals surface area contributed by atoms with Crippen LogP contribution in [0.3, 0.4) is 0 Å². The highest BCUT2D eigenvalue weighted by molar-refractivity contribution is 9.09. The summed E-state index contributed by atoms with van der Waals surface area (Å²) in [6.45, 7) is 5.70. The standard InChI is InChI=1S/C19H22BrNO4S/c1-12(2)25-19-18(20)16-11-14(24-4)7-10-17(16)21(19)26(22,23)15-8-5-13(3)6-9-15/h5-12,18-19H,1-4H3/t18-,19+/m0/s1. The molecule has 0 saturated heterocycles. The molecule has 0 unspecified atom stereocenters. The number of anilines is 1. The number of nitrogens with zero attached hydrogens (tertiary/aromatic N) is 1. The minimum atomic E-state index is -3.78. The molecule has 140 valence electrons. The largest absolute Gasteiger partial charge is 0.497 e. The quantitative estimate of drug-likeness (QED) is 0.647. The number of rotatable bonds is 5. The molecule has 0 aliphatic carbocycles. The van der Waals surface area contributed by atoms with Gasteiger partial charge in [0.05, 0.1) is 28.6 Å². The number of ether oxygens (including phenoxy) is 2. The Balaban J connectivity index is 2.14. The Kier molecular flexibility index (Phi) is 5.33. The van der Waals surface area contributed by atoms with Crippen molar-refractivity contribution in [2.24, 2.45) is 0 Å². The lowest BCUT2D eigenvalue weighted by atomic mass is 10.1. The van der Waals surface area contributed by atoms with E-state index in [2.05, 4.69) is 15.9 Å². The molecule has 3 rings (SSSR count). The number of hydrogen-bond donors (Lipinski definition) is 0. The maximum atomic E-state index is 13.4.